The summed E-state index contributed by atoms with van der Waals surface area (Å²) < 4.78 is 11.7. The molecule has 3 N–H and O–H groups in total. The van der Waals surface area contributed by atoms with Gasteiger partial charge in [-0.3, -0.25) is 4.79 Å². The number of hydrogen-bond acceptors (Lipinski definition) is 6. The number of ether oxygens (including phenoxy) is 2. The fourth-order valence-electron chi connectivity index (χ4n) is 4.58. The monoisotopic (exact) mass is 440 g/mol. The van der Waals surface area contributed by atoms with Gasteiger partial charge in [0.15, 0.2) is 0 Å². The summed E-state index contributed by atoms with van der Waals surface area (Å²) >= 11 is 0. The van der Waals surface area contributed by atoms with Crippen molar-refractivity contribution in [3.8, 4) is 11.5 Å². The Bertz CT molecular complexity index is 938. The number of benzene rings is 2. The van der Waals surface area contributed by atoms with Crippen LogP contribution in [0.15, 0.2) is 42.5 Å². The minimum Gasteiger partial charge on any atom is -0.497 e. The first kappa shape index (κ1) is 22.6. The number of fused-ring (bicyclic) bond motifs is 1. The van der Waals surface area contributed by atoms with Gasteiger partial charge < -0.3 is 29.9 Å². The summed E-state index contributed by atoms with van der Waals surface area (Å²) in [5.41, 5.74) is 1.98. The van der Waals surface area contributed by atoms with Crippen molar-refractivity contribution < 1.29 is 24.5 Å². The highest BCUT2D eigenvalue weighted by atomic mass is 16.5. The molecule has 0 unspecified atom stereocenters. The molecule has 7 nitrogen and oxygen atoms in total. The Morgan fingerprint density at radius 2 is 1.97 bits per heavy atom. The summed E-state index contributed by atoms with van der Waals surface area (Å²) in [5, 5.41) is 24.2. The smallest absolute Gasteiger partial charge is 0.224 e. The molecule has 0 aromatic heterocycles. The molecule has 2 aliphatic rings. The Hall–Kier alpha value is -2.61. The van der Waals surface area contributed by atoms with Gasteiger partial charge in [-0.15, -0.1) is 0 Å². The first-order valence-electron chi connectivity index (χ1n) is 11.3. The molecule has 1 amide bonds. The minimum absolute atomic E-state index is 0.0309. The Morgan fingerprint density at radius 1 is 1.25 bits per heavy atom. The number of likely N-dealkylation sites (tertiary alicyclic amines) is 1. The number of anilines is 1. The van der Waals surface area contributed by atoms with Crippen LogP contribution in [-0.2, 0) is 4.79 Å². The van der Waals surface area contributed by atoms with E-state index in [-0.39, 0.29) is 11.5 Å². The molecule has 0 saturated carbocycles. The van der Waals surface area contributed by atoms with Gasteiger partial charge in [0.25, 0.3) is 0 Å². The van der Waals surface area contributed by atoms with Crippen LogP contribution in [0.2, 0.25) is 0 Å². The first-order valence-corrected chi connectivity index (χ1v) is 11.3. The second-order valence-electron chi connectivity index (χ2n) is 8.75. The number of aliphatic hydroxyl groups is 2. The van der Waals surface area contributed by atoms with Gasteiger partial charge in [0.2, 0.25) is 5.91 Å². The van der Waals surface area contributed by atoms with Crippen molar-refractivity contribution in [3.63, 3.8) is 0 Å². The minimum atomic E-state index is -0.608. The lowest BCUT2D eigenvalue weighted by atomic mass is 9.81. The zero-order chi connectivity index (χ0) is 22.7. The third-order valence-corrected chi connectivity index (χ3v) is 6.57. The first-order chi connectivity index (χ1) is 15.4. The lowest BCUT2D eigenvalue weighted by Crippen LogP contribution is -2.51. The van der Waals surface area contributed by atoms with Gasteiger partial charge in [-0.1, -0.05) is 19.1 Å². The standard InChI is InChI=1S/C25H32N2O5/c1-3-24(30)26-18-6-4-17(5-7-18)22(29)16-27-12-10-25(11-13-27)15-21(28)20-9-8-19(31-2)14-23(20)32-25/h4-9,14,21-22,28-29H,3,10-13,15-16H2,1-2H3,(H,26,30)/t21-,22+/m0/s1. The maximum absolute atomic E-state index is 11.5. The molecule has 1 spiro atoms. The molecule has 0 radical (unpaired) electrons. The SMILES string of the molecule is CCC(=O)Nc1ccc([C@H](O)CN2CCC3(CC2)C[C@H](O)c2ccc(OC)cc2O3)cc1. The molecule has 0 bridgehead atoms. The van der Waals surface area contributed by atoms with Crippen molar-refractivity contribution in [1.29, 1.82) is 0 Å². The highest BCUT2D eigenvalue weighted by Crippen LogP contribution is 2.45. The average Bonchev–Trinajstić information content (AvgIpc) is 2.80. The quantitative estimate of drug-likeness (QED) is 0.638. The van der Waals surface area contributed by atoms with Crippen LogP contribution in [0.3, 0.4) is 0 Å². The summed E-state index contributed by atoms with van der Waals surface area (Å²) in [6, 6.07) is 12.9. The number of carbonyl (C=O) groups is 1. The highest BCUT2D eigenvalue weighted by Gasteiger charge is 2.43. The van der Waals surface area contributed by atoms with Gasteiger partial charge in [0.05, 0.1) is 19.3 Å². The van der Waals surface area contributed by atoms with E-state index in [1.807, 2.05) is 49.4 Å². The van der Waals surface area contributed by atoms with Crippen molar-refractivity contribution in [3.05, 3.63) is 53.6 Å². The van der Waals surface area contributed by atoms with Crippen molar-refractivity contribution >= 4 is 11.6 Å². The van der Waals surface area contributed by atoms with Crippen LogP contribution in [0.4, 0.5) is 5.69 Å². The number of amides is 1. The number of β-amino-alcohol motifs (C(OH)–C–C–N with tert-alkyl or cyclic N) is 1. The number of piperidine rings is 1. The third-order valence-electron chi connectivity index (χ3n) is 6.57. The predicted molar refractivity (Wildman–Crippen MR) is 122 cm³/mol. The highest BCUT2D eigenvalue weighted by molar-refractivity contribution is 5.90. The van der Waals surface area contributed by atoms with Gasteiger partial charge in [0.1, 0.15) is 17.1 Å². The molecular formula is C25H32N2O5. The summed E-state index contributed by atoms with van der Waals surface area (Å²) in [5.74, 6) is 1.39. The molecule has 32 heavy (non-hydrogen) atoms. The molecule has 2 aromatic carbocycles. The summed E-state index contributed by atoms with van der Waals surface area (Å²) in [7, 11) is 1.62. The zero-order valence-electron chi connectivity index (χ0n) is 18.7. The van der Waals surface area contributed by atoms with Crippen LogP contribution >= 0.6 is 0 Å². The lowest BCUT2D eigenvalue weighted by molar-refractivity contribution is -0.115. The van der Waals surface area contributed by atoms with Gasteiger partial charge in [-0.2, -0.15) is 0 Å². The number of aliphatic hydroxyl groups excluding tert-OH is 2. The van der Waals surface area contributed by atoms with E-state index in [1.165, 1.54) is 0 Å². The topological polar surface area (TPSA) is 91.3 Å². The maximum Gasteiger partial charge on any atom is 0.224 e. The zero-order valence-corrected chi connectivity index (χ0v) is 18.7. The van der Waals surface area contributed by atoms with Crippen LogP contribution in [0, 0.1) is 0 Å². The molecule has 2 heterocycles. The van der Waals surface area contributed by atoms with Crippen molar-refractivity contribution in [2.45, 2.75) is 50.4 Å². The number of methoxy groups -OCH3 is 1. The van der Waals surface area contributed by atoms with E-state index in [0.29, 0.717) is 30.9 Å². The van der Waals surface area contributed by atoms with Crippen molar-refractivity contribution in [2.24, 2.45) is 0 Å². The summed E-state index contributed by atoms with van der Waals surface area (Å²) in [4.78, 5) is 13.7. The van der Waals surface area contributed by atoms with E-state index in [9.17, 15) is 15.0 Å². The molecule has 2 atom stereocenters. The van der Waals surface area contributed by atoms with Gasteiger partial charge >= 0.3 is 0 Å². The van der Waals surface area contributed by atoms with Gasteiger partial charge in [0, 0.05) is 49.8 Å². The summed E-state index contributed by atoms with van der Waals surface area (Å²) in [6.45, 7) is 3.91. The van der Waals surface area contributed by atoms with Crippen LogP contribution in [0.5, 0.6) is 11.5 Å². The summed E-state index contributed by atoms with van der Waals surface area (Å²) in [6.07, 6.45) is 1.43. The molecule has 172 valence electrons. The lowest BCUT2D eigenvalue weighted by Gasteiger charge is -2.46. The second kappa shape index (κ2) is 9.48. The number of hydrogen-bond donors (Lipinski definition) is 3. The number of carbonyl (C=O) groups excluding carboxylic acids is 1. The van der Waals surface area contributed by atoms with Crippen LogP contribution in [0.25, 0.3) is 0 Å². The molecule has 1 saturated heterocycles. The Labute approximate surface area is 189 Å². The van der Waals surface area contributed by atoms with Crippen LogP contribution in [0.1, 0.15) is 55.9 Å². The fourth-order valence-corrected chi connectivity index (χ4v) is 4.58. The van der Waals surface area contributed by atoms with Crippen molar-refractivity contribution in [1.82, 2.24) is 4.90 Å². The largest absolute Gasteiger partial charge is 0.497 e. The third kappa shape index (κ3) is 4.90. The van der Waals surface area contributed by atoms with E-state index in [4.69, 9.17) is 9.47 Å². The second-order valence-corrected chi connectivity index (χ2v) is 8.75. The van der Waals surface area contributed by atoms with Gasteiger partial charge in [-0.05, 0) is 42.7 Å². The molecule has 2 aliphatic heterocycles. The average molecular weight is 441 g/mol. The van der Waals surface area contributed by atoms with Crippen LogP contribution < -0.4 is 14.8 Å². The van der Waals surface area contributed by atoms with Gasteiger partial charge in [-0.25, -0.2) is 0 Å². The predicted octanol–water partition coefficient (Wildman–Crippen LogP) is 3.43. The number of nitrogens with zero attached hydrogens (tertiary/aromatic N) is 1. The number of nitrogens with one attached hydrogen (secondary N) is 1. The van der Waals surface area contributed by atoms with Crippen molar-refractivity contribution in [2.75, 3.05) is 32.1 Å². The molecule has 0 aliphatic carbocycles. The Balaban J connectivity index is 1.34. The Kier molecular flexibility index (Phi) is 6.69. The fraction of sp³-hybridized carbons (Fsp3) is 0.480. The molecule has 7 heteroatoms. The molecular weight excluding hydrogens is 408 g/mol. The number of rotatable bonds is 6. The molecule has 4 rings (SSSR count). The normalized spacial score (nSPS) is 20.8. The van der Waals surface area contributed by atoms with Crippen LogP contribution in [-0.4, -0.2) is 53.4 Å². The van der Waals surface area contributed by atoms with E-state index < -0.39 is 12.2 Å². The van der Waals surface area contributed by atoms with E-state index >= 15 is 0 Å². The van der Waals surface area contributed by atoms with E-state index in [2.05, 4.69) is 10.2 Å². The van der Waals surface area contributed by atoms with E-state index in [1.54, 1.807) is 7.11 Å². The maximum atomic E-state index is 11.5. The Morgan fingerprint density at radius 3 is 2.62 bits per heavy atom. The van der Waals surface area contributed by atoms with E-state index in [0.717, 1.165) is 42.7 Å². The molecule has 1 fully saturated rings. The molecule has 2 aromatic rings.